The van der Waals surface area contributed by atoms with Crippen LogP contribution in [0, 0.1) is 0 Å². The maximum atomic E-state index is 13.0. The SMILES string of the molecule is CC(C)(C)c1[nH]ncc1C(=O)N1CCCC(c2ccccn2)C1. The molecule has 0 aromatic carbocycles. The first kappa shape index (κ1) is 15.7. The minimum Gasteiger partial charge on any atom is -0.338 e. The molecule has 5 nitrogen and oxygen atoms in total. The number of aromatic nitrogens is 3. The standard InChI is InChI=1S/C18H24N4O/c1-18(2,3)16-14(11-20-21-16)17(23)22-10-6-7-13(12-22)15-8-4-5-9-19-15/h4-5,8-9,11,13H,6-7,10,12H2,1-3H3,(H,20,21). The highest BCUT2D eigenvalue weighted by molar-refractivity contribution is 5.95. The molecule has 3 rings (SSSR count). The maximum absolute atomic E-state index is 13.0. The van der Waals surface area contributed by atoms with Gasteiger partial charge in [0.25, 0.3) is 5.91 Å². The van der Waals surface area contributed by atoms with Crippen molar-refractivity contribution in [2.24, 2.45) is 0 Å². The number of carbonyl (C=O) groups is 1. The first-order chi connectivity index (χ1) is 11.0. The molecule has 23 heavy (non-hydrogen) atoms. The zero-order chi connectivity index (χ0) is 16.4. The predicted molar refractivity (Wildman–Crippen MR) is 89.4 cm³/mol. The van der Waals surface area contributed by atoms with Crippen molar-refractivity contribution in [1.29, 1.82) is 0 Å². The van der Waals surface area contributed by atoms with Crippen molar-refractivity contribution >= 4 is 5.91 Å². The van der Waals surface area contributed by atoms with Gasteiger partial charge < -0.3 is 4.90 Å². The first-order valence-electron chi connectivity index (χ1n) is 8.21. The fourth-order valence-corrected chi connectivity index (χ4v) is 3.21. The number of likely N-dealkylation sites (tertiary alicyclic amines) is 1. The van der Waals surface area contributed by atoms with Gasteiger partial charge >= 0.3 is 0 Å². The van der Waals surface area contributed by atoms with Crippen molar-refractivity contribution in [3.05, 3.63) is 47.5 Å². The third-order valence-corrected chi connectivity index (χ3v) is 4.43. The molecule has 3 heterocycles. The summed E-state index contributed by atoms with van der Waals surface area (Å²) >= 11 is 0. The fraction of sp³-hybridized carbons (Fsp3) is 0.500. The van der Waals surface area contributed by atoms with Crippen LogP contribution in [-0.2, 0) is 5.41 Å². The summed E-state index contributed by atoms with van der Waals surface area (Å²) in [5, 5.41) is 7.10. The summed E-state index contributed by atoms with van der Waals surface area (Å²) in [6.45, 7) is 7.79. The van der Waals surface area contributed by atoms with Crippen molar-refractivity contribution in [3.8, 4) is 0 Å². The molecule has 122 valence electrons. The predicted octanol–water partition coefficient (Wildman–Crippen LogP) is 3.12. The Bertz CT molecular complexity index is 672. The number of hydrogen-bond donors (Lipinski definition) is 1. The third kappa shape index (κ3) is 3.28. The van der Waals surface area contributed by atoms with E-state index in [1.165, 1.54) is 0 Å². The summed E-state index contributed by atoms with van der Waals surface area (Å²) < 4.78 is 0. The van der Waals surface area contributed by atoms with Gasteiger partial charge in [-0.2, -0.15) is 5.10 Å². The van der Waals surface area contributed by atoms with Crippen LogP contribution in [0.5, 0.6) is 0 Å². The van der Waals surface area contributed by atoms with E-state index >= 15 is 0 Å². The van der Waals surface area contributed by atoms with Crippen molar-refractivity contribution in [2.75, 3.05) is 13.1 Å². The third-order valence-electron chi connectivity index (χ3n) is 4.43. The number of aromatic amines is 1. The molecule has 1 fully saturated rings. The molecule has 5 heteroatoms. The molecule has 0 spiro atoms. The molecule has 1 N–H and O–H groups in total. The van der Waals surface area contributed by atoms with Crippen LogP contribution in [0.1, 0.15) is 61.3 Å². The van der Waals surface area contributed by atoms with E-state index in [0.29, 0.717) is 11.5 Å². The summed E-state index contributed by atoms with van der Waals surface area (Å²) in [6, 6.07) is 5.99. The Hall–Kier alpha value is -2.17. The van der Waals surface area contributed by atoms with Crippen LogP contribution in [0.25, 0.3) is 0 Å². The second-order valence-electron chi connectivity index (χ2n) is 7.25. The number of amides is 1. The highest BCUT2D eigenvalue weighted by Crippen LogP contribution is 2.29. The van der Waals surface area contributed by atoms with Gasteiger partial charge in [0.05, 0.1) is 17.5 Å². The van der Waals surface area contributed by atoms with E-state index < -0.39 is 0 Å². The zero-order valence-corrected chi connectivity index (χ0v) is 14.0. The average molecular weight is 312 g/mol. The Balaban J connectivity index is 1.79. The maximum Gasteiger partial charge on any atom is 0.257 e. The molecule has 1 atom stereocenters. The largest absolute Gasteiger partial charge is 0.338 e. The molecule has 1 unspecified atom stereocenters. The Labute approximate surface area is 137 Å². The zero-order valence-electron chi connectivity index (χ0n) is 14.0. The van der Waals surface area contributed by atoms with Gasteiger partial charge in [0.2, 0.25) is 0 Å². The summed E-state index contributed by atoms with van der Waals surface area (Å²) in [7, 11) is 0. The Morgan fingerprint density at radius 3 is 2.87 bits per heavy atom. The molecule has 2 aromatic heterocycles. The van der Waals surface area contributed by atoms with Crippen LogP contribution in [0.4, 0.5) is 0 Å². The number of nitrogens with zero attached hydrogens (tertiary/aromatic N) is 3. The number of hydrogen-bond acceptors (Lipinski definition) is 3. The van der Waals surface area contributed by atoms with Crippen LogP contribution in [-0.4, -0.2) is 39.1 Å². The number of piperidine rings is 1. The number of H-pyrrole nitrogens is 1. The Kier molecular flexibility index (Phi) is 4.20. The molecular weight excluding hydrogens is 288 g/mol. The van der Waals surface area contributed by atoms with Gasteiger partial charge in [-0.3, -0.25) is 14.9 Å². The van der Waals surface area contributed by atoms with Gasteiger partial charge in [-0.25, -0.2) is 0 Å². The van der Waals surface area contributed by atoms with Crippen LogP contribution >= 0.6 is 0 Å². The van der Waals surface area contributed by atoms with Crippen molar-refractivity contribution in [2.45, 2.75) is 44.9 Å². The molecule has 0 radical (unpaired) electrons. The minimum absolute atomic E-state index is 0.0734. The molecule has 1 aliphatic rings. The lowest BCUT2D eigenvalue weighted by Gasteiger charge is -2.33. The molecule has 0 saturated carbocycles. The van der Waals surface area contributed by atoms with Crippen LogP contribution in [0.3, 0.4) is 0 Å². The van der Waals surface area contributed by atoms with E-state index in [9.17, 15) is 4.79 Å². The molecular formula is C18H24N4O. The highest BCUT2D eigenvalue weighted by atomic mass is 16.2. The number of pyridine rings is 1. The summed E-state index contributed by atoms with van der Waals surface area (Å²) in [5.74, 6) is 0.392. The van der Waals surface area contributed by atoms with Crippen LogP contribution < -0.4 is 0 Å². The van der Waals surface area contributed by atoms with Gasteiger partial charge in [0.1, 0.15) is 0 Å². The van der Waals surface area contributed by atoms with Crippen molar-refractivity contribution in [1.82, 2.24) is 20.1 Å². The second kappa shape index (κ2) is 6.14. The van der Waals surface area contributed by atoms with Gasteiger partial charge in [0.15, 0.2) is 0 Å². The van der Waals surface area contributed by atoms with E-state index in [1.807, 2.05) is 23.2 Å². The van der Waals surface area contributed by atoms with Crippen molar-refractivity contribution < 1.29 is 4.79 Å². The van der Waals surface area contributed by atoms with Gasteiger partial charge in [-0.1, -0.05) is 26.8 Å². The quantitative estimate of drug-likeness (QED) is 0.926. The minimum atomic E-state index is -0.127. The molecule has 0 bridgehead atoms. The molecule has 1 amide bonds. The number of rotatable bonds is 2. The van der Waals surface area contributed by atoms with E-state index in [0.717, 1.165) is 37.3 Å². The Morgan fingerprint density at radius 1 is 1.35 bits per heavy atom. The normalized spacial score (nSPS) is 18.9. The van der Waals surface area contributed by atoms with Gasteiger partial charge in [0, 0.05) is 36.3 Å². The summed E-state index contributed by atoms with van der Waals surface area (Å²) in [5.41, 5.74) is 2.55. The highest BCUT2D eigenvalue weighted by Gasteiger charge is 2.30. The lowest BCUT2D eigenvalue weighted by atomic mass is 9.88. The van der Waals surface area contributed by atoms with Crippen LogP contribution in [0.2, 0.25) is 0 Å². The molecule has 1 aliphatic heterocycles. The second-order valence-corrected chi connectivity index (χ2v) is 7.25. The van der Waals surface area contributed by atoms with Crippen LogP contribution in [0.15, 0.2) is 30.6 Å². The number of carbonyl (C=O) groups excluding carboxylic acids is 1. The lowest BCUT2D eigenvalue weighted by Crippen LogP contribution is -2.40. The molecule has 1 saturated heterocycles. The van der Waals surface area contributed by atoms with Gasteiger partial charge in [-0.15, -0.1) is 0 Å². The summed E-state index contributed by atoms with van der Waals surface area (Å²) in [4.78, 5) is 19.4. The van der Waals surface area contributed by atoms with E-state index in [4.69, 9.17) is 0 Å². The lowest BCUT2D eigenvalue weighted by molar-refractivity contribution is 0.0703. The fourth-order valence-electron chi connectivity index (χ4n) is 3.21. The van der Waals surface area contributed by atoms with E-state index in [-0.39, 0.29) is 11.3 Å². The topological polar surface area (TPSA) is 61.9 Å². The molecule has 2 aromatic rings. The van der Waals surface area contributed by atoms with E-state index in [2.05, 4.69) is 42.0 Å². The smallest absolute Gasteiger partial charge is 0.257 e. The molecule has 0 aliphatic carbocycles. The first-order valence-corrected chi connectivity index (χ1v) is 8.21. The Morgan fingerprint density at radius 2 is 2.17 bits per heavy atom. The monoisotopic (exact) mass is 312 g/mol. The van der Waals surface area contributed by atoms with Crippen molar-refractivity contribution in [3.63, 3.8) is 0 Å². The van der Waals surface area contributed by atoms with E-state index in [1.54, 1.807) is 6.20 Å². The number of nitrogens with one attached hydrogen (secondary N) is 1. The summed E-state index contributed by atoms with van der Waals surface area (Å²) in [6.07, 6.45) is 5.57. The van der Waals surface area contributed by atoms with Gasteiger partial charge in [-0.05, 0) is 25.0 Å². The average Bonchev–Trinajstić information content (AvgIpc) is 3.05.